The normalized spacial score (nSPS) is 24.8. The van der Waals surface area contributed by atoms with Crippen molar-refractivity contribution in [2.45, 2.75) is 44.3 Å². The largest absolute Gasteiger partial charge is 0.431 e. The molecule has 0 unspecified atom stereocenters. The minimum absolute atomic E-state index is 0.0152. The number of nitrogens with zero attached hydrogens (tertiary/aromatic N) is 2. The van der Waals surface area contributed by atoms with Crippen molar-refractivity contribution in [3.63, 3.8) is 0 Å². The quantitative estimate of drug-likeness (QED) is 0.425. The first-order chi connectivity index (χ1) is 16.3. The van der Waals surface area contributed by atoms with E-state index in [9.17, 15) is 35.1 Å². The fourth-order valence-corrected chi connectivity index (χ4v) is 4.32. The number of hydrogen-bond donors (Lipinski definition) is 1. The summed E-state index contributed by atoms with van der Waals surface area (Å²) in [4.78, 5) is 6.73. The fourth-order valence-electron chi connectivity index (χ4n) is 4.32. The first-order valence-electron chi connectivity index (χ1n) is 10.0. The highest BCUT2D eigenvalue weighted by Crippen LogP contribution is 2.59. The third kappa shape index (κ3) is 3.95. The summed E-state index contributed by atoms with van der Waals surface area (Å²) in [5, 5.41) is 9.01. The zero-order chi connectivity index (χ0) is 25.9. The molecule has 0 spiro atoms. The second-order valence-corrected chi connectivity index (χ2v) is 8.20. The number of halogens is 8. The molecular weight excluding hydrogens is 490 g/mol. The maximum Gasteiger partial charge on any atom is 0.417 e. The molecule has 1 saturated heterocycles. The molecular formula is C22H15F8N3O2. The van der Waals surface area contributed by atoms with Crippen molar-refractivity contribution in [1.82, 2.24) is 9.97 Å². The number of aromatic nitrogens is 2. The maximum absolute atomic E-state index is 14.5. The van der Waals surface area contributed by atoms with Gasteiger partial charge in [0.2, 0.25) is 5.82 Å². The standard InChI is InChI=1S/C22H15F8N3O2/c1-8-15(10-3-4-11(23)16(25)17(10)34-20(26)27)18(35-21(8,2)22(28,29)30)19-32-13-5-9(7-31)12(24)6-14(13)33-19/h3-6,8,15,18,20H,1-2H3,(H,32,33)/t8-,15-,18+,21+/m0/s1. The molecule has 1 aliphatic rings. The van der Waals surface area contributed by atoms with Gasteiger partial charge in [0.05, 0.1) is 16.6 Å². The second kappa shape index (κ2) is 8.37. The second-order valence-electron chi connectivity index (χ2n) is 8.20. The molecule has 0 aliphatic carbocycles. The van der Waals surface area contributed by atoms with E-state index in [2.05, 4.69) is 14.7 Å². The van der Waals surface area contributed by atoms with Crippen molar-refractivity contribution >= 4 is 11.0 Å². The van der Waals surface area contributed by atoms with Crippen LogP contribution in [0.4, 0.5) is 35.1 Å². The molecule has 0 radical (unpaired) electrons. The summed E-state index contributed by atoms with van der Waals surface area (Å²) in [5.41, 5.74) is -3.71. The predicted octanol–water partition coefficient (Wildman–Crippen LogP) is 6.27. The molecule has 0 amide bonds. The van der Waals surface area contributed by atoms with Crippen molar-refractivity contribution in [2.75, 3.05) is 0 Å². The van der Waals surface area contributed by atoms with Crippen LogP contribution in [0.15, 0.2) is 24.3 Å². The topological polar surface area (TPSA) is 70.9 Å². The van der Waals surface area contributed by atoms with E-state index in [0.717, 1.165) is 32.0 Å². The lowest BCUT2D eigenvalue weighted by Gasteiger charge is -2.32. The van der Waals surface area contributed by atoms with Gasteiger partial charge in [-0.15, -0.1) is 0 Å². The van der Waals surface area contributed by atoms with Gasteiger partial charge in [-0.05, 0) is 19.1 Å². The molecule has 0 saturated carbocycles. The van der Waals surface area contributed by atoms with E-state index in [4.69, 9.17) is 10.00 Å². The van der Waals surface area contributed by atoms with Crippen molar-refractivity contribution in [2.24, 2.45) is 5.92 Å². The lowest BCUT2D eigenvalue weighted by molar-refractivity contribution is -0.275. The summed E-state index contributed by atoms with van der Waals surface area (Å²) in [7, 11) is 0. The predicted molar refractivity (Wildman–Crippen MR) is 104 cm³/mol. The maximum atomic E-state index is 14.5. The number of rotatable bonds is 4. The summed E-state index contributed by atoms with van der Waals surface area (Å²) in [6.07, 6.45) is -6.61. The molecule has 1 fully saturated rings. The lowest BCUT2D eigenvalue weighted by Crippen LogP contribution is -2.46. The van der Waals surface area contributed by atoms with Crippen LogP contribution in [0.1, 0.15) is 42.8 Å². The average molecular weight is 505 g/mol. The van der Waals surface area contributed by atoms with E-state index in [-0.39, 0.29) is 22.4 Å². The molecule has 1 aromatic heterocycles. The molecule has 2 heterocycles. The first kappa shape index (κ1) is 24.7. The highest BCUT2D eigenvalue weighted by atomic mass is 19.4. The number of hydrogen-bond acceptors (Lipinski definition) is 4. The van der Waals surface area contributed by atoms with Gasteiger partial charge in [0.1, 0.15) is 23.8 Å². The molecule has 5 nitrogen and oxygen atoms in total. The first-order valence-corrected chi connectivity index (χ1v) is 10.0. The highest BCUT2D eigenvalue weighted by molar-refractivity contribution is 5.77. The van der Waals surface area contributed by atoms with Crippen LogP contribution in [0, 0.1) is 34.7 Å². The molecule has 186 valence electrons. The minimum Gasteiger partial charge on any atom is -0.431 e. The van der Waals surface area contributed by atoms with E-state index in [1.54, 1.807) is 6.07 Å². The number of ether oxygens (including phenoxy) is 2. The van der Waals surface area contributed by atoms with Crippen LogP contribution in [0.3, 0.4) is 0 Å². The van der Waals surface area contributed by atoms with Gasteiger partial charge >= 0.3 is 12.8 Å². The SMILES string of the molecule is C[C@H]1[C@@H](c2ccc(F)c(F)c2OC(F)F)[C@H](c2nc3cc(C#N)c(F)cc3[nH]2)O[C@@]1(C)C(F)(F)F. The number of aromatic amines is 1. The van der Waals surface area contributed by atoms with Crippen molar-refractivity contribution in [3.8, 4) is 11.8 Å². The highest BCUT2D eigenvalue weighted by Gasteiger charge is 2.65. The summed E-state index contributed by atoms with van der Waals surface area (Å²) in [6, 6.07) is 4.98. The van der Waals surface area contributed by atoms with Gasteiger partial charge in [-0.1, -0.05) is 13.0 Å². The molecule has 1 N–H and O–H groups in total. The Kier molecular flexibility index (Phi) is 5.91. The van der Waals surface area contributed by atoms with Crippen molar-refractivity contribution in [1.29, 1.82) is 5.26 Å². The lowest BCUT2D eigenvalue weighted by atomic mass is 9.77. The molecule has 35 heavy (non-hydrogen) atoms. The van der Waals surface area contributed by atoms with Crippen LogP contribution >= 0.6 is 0 Å². The number of nitriles is 1. The number of nitrogens with one attached hydrogen (secondary N) is 1. The Morgan fingerprint density at radius 3 is 2.46 bits per heavy atom. The van der Waals surface area contributed by atoms with Gasteiger partial charge in [-0.2, -0.15) is 31.6 Å². The summed E-state index contributed by atoms with van der Waals surface area (Å²) < 4.78 is 120. The Morgan fingerprint density at radius 2 is 1.86 bits per heavy atom. The number of H-pyrrole nitrogens is 1. The van der Waals surface area contributed by atoms with Crippen LogP contribution in [0.2, 0.25) is 0 Å². The van der Waals surface area contributed by atoms with Crippen LogP contribution in [0.5, 0.6) is 5.75 Å². The van der Waals surface area contributed by atoms with Crippen molar-refractivity contribution in [3.05, 3.63) is 58.7 Å². The van der Waals surface area contributed by atoms with E-state index < -0.39 is 65.1 Å². The average Bonchev–Trinajstić information content (AvgIpc) is 3.29. The molecule has 4 atom stereocenters. The molecule has 1 aliphatic heterocycles. The number of benzene rings is 2. The Bertz CT molecular complexity index is 1330. The Morgan fingerprint density at radius 1 is 1.17 bits per heavy atom. The zero-order valence-corrected chi connectivity index (χ0v) is 17.9. The van der Waals surface area contributed by atoms with E-state index in [1.165, 1.54) is 0 Å². The van der Waals surface area contributed by atoms with Gasteiger partial charge in [0.25, 0.3) is 0 Å². The monoisotopic (exact) mass is 505 g/mol. The Hall–Kier alpha value is -3.40. The molecule has 0 bridgehead atoms. The number of fused-ring (bicyclic) bond motifs is 1. The van der Waals surface area contributed by atoms with Gasteiger partial charge in [-0.25, -0.2) is 13.8 Å². The van der Waals surface area contributed by atoms with E-state index in [0.29, 0.717) is 6.07 Å². The molecule has 13 heteroatoms. The van der Waals surface area contributed by atoms with Crippen LogP contribution < -0.4 is 4.74 Å². The Labute approximate surface area is 192 Å². The third-order valence-corrected chi connectivity index (χ3v) is 6.29. The van der Waals surface area contributed by atoms with Crippen LogP contribution in [-0.2, 0) is 4.74 Å². The smallest absolute Gasteiger partial charge is 0.417 e. The number of imidazole rings is 1. The molecule has 4 rings (SSSR count). The van der Waals surface area contributed by atoms with Crippen molar-refractivity contribution < 1.29 is 44.6 Å². The van der Waals surface area contributed by atoms with Gasteiger partial charge in [0.15, 0.2) is 17.2 Å². The summed E-state index contributed by atoms with van der Waals surface area (Å²) >= 11 is 0. The third-order valence-electron chi connectivity index (χ3n) is 6.29. The molecule has 2 aromatic carbocycles. The summed E-state index contributed by atoms with van der Waals surface area (Å²) in [5.74, 6) is -8.84. The van der Waals surface area contributed by atoms with Crippen LogP contribution in [0.25, 0.3) is 11.0 Å². The van der Waals surface area contributed by atoms with E-state index >= 15 is 0 Å². The van der Waals surface area contributed by atoms with Crippen LogP contribution in [-0.4, -0.2) is 28.4 Å². The fraction of sp³-hybridized carbons (Fsp3) is 0.364. The zero-order valence-electron chi connectivity index (χ0n) is 17.9. The summed E-state index contributed by atoms with van der Waals surface area (Å²) in [6.45, 7) is -1.76. The van der Waals surface area contributed by atoms with Gasteiger partial charge in [0, 0.05) is 23.5 Å². The van der Waals surface area contributed by atoms with E-state index in [1.807, 2.05) is 0 Å². The van der Waals surface area contributed by atoms with Gasteiger partial charge in [-0.3, -0.25) is 0 Å². The minimum atomic E-state index is -4.96. The molecule has 3 aromatic rings. The van der Waals surface area contributed by atoms with Gasteiger partial charge < -0.3 is 14.5 Å². The Balaban J connectivity index is 1.93. The number of alkyl halides is 5.